The van der Waals surface area contributed by atoms with Crippen molar-refractivity contribution in [1.29, 1.82) is 0 Å². The largest absolute Gasteiger partial charge is 0.381 e. The summed E-state index contributed by atoms with van der Waals surface area (Å²) in [4.78, 5) is 31.0. The maximum atomic E-state index is 12.7. The van der Waals surface area contributed by atoms with Crippen molar-refractivity contribution in [3.63, 3.8) is 0 Å². The van der Waals surface area contributed by atoms with E-state index in [1.165, 1.54) is 0 Å². The molecule has 132 valence electrons. The lowest BCUT2D eigenvalue weighted by Crippen LogP contribution is -2.48. The van der Waals surface area contributed by atoms with Gasteiger partial charge in [0, 0.05) is 31.9 Å². The van der Waals surface area contributed by atoms with Crippen molar-refractivity contribution in [2.45, 2.75) is 39.3 Å². The van der Waals surface area contributed by atoms with E-state index in [1.807, 2.05) is 18.4 Å². The Labute approximate surface area is 142 Å². The molecule has 24 heavy (non-hydrogen) atoms. The molecule has 0 bridgehead atoms. The zero-order valence-corrected chi connectivity index (χ0v) is 14.4. The summed E-state index contributed by atoms with van der Waals surface area (Å²) < 4.78 is 7.24. The first kappa shape index (κ1) is 17.0. The van der Waals surface area contributed by atoms with Crippen LogP contribution in [0.3, 0.4) is 0 Å². The summed E-state index contributed by atoms with van der Waals surface area (Å²) in [7, 11) is 0. The molecule has 1 fully saturated rings. The van der Waals surface area contributed by atoms with Crippen LogP contribution in [0.1, 0.15) is 38.4 Å². The fourth-order valence-electron chi connectivity index (χ4n) is 3.35. The summed E-state index contributed by atoms with van der Waals surface area (Å²) in [5.74, 6) is 0.430. The minimum atomic E-state index is -0.404. The van der Waals surface area contributed by atoms with Gasteiger partial charge in [0.25, 0.3) is 0 Å². The number of aromatic nitrogens is 2. The van der Waals surface area contributed by atoms with E-state index in [0.29, 0.717) is 25.6 Å². The van der Waals surface area contributed by atoms with Crippen molar-refractivity contribution >= 4 is 11.8 Å². The van der Waals surface area contributed by atoms with Crippen LogP contribution in [0.2, 0.25) is 0 Å². The van der Waals surface area contributed by atoms with E-state index in [-0.39, 0.29) is 17.7 Å². The standard InChI is InChI=1S/C17H26N4O3/c1-12(2)17(23)20-9-14-8-18-11-21(14)15(10-20)16(22)19-7-13-3-5-24-6-4-13/h8,11-13,15H,3-7,9-10H2,1-2H3,(H,19,22)/t15-/m0/s1. The molecule has 0 aromatic carbocycles. The molecule has 0 saturated carbocycles. The Morgan fingerprint density at radius 3 is 2.83 bits per heavy atom. The summed E-state index contributed by atoms with van der Waals surface area (Å²) in [5.41, 5.74) is 0.904. The topological polar surface area (TPSA) is 76.5 Å². The molecule has 3 heterocycles. The Bertz CT molecular complexity index is 592. The van der Waals surface area contributed by atoms with Crippen LogP contribution < -0.4 is 5.32 Å². The highest BCUT2D eigenvalue weighted by molar-refractivity contribution is 5.83. The molecule has 1 aromatic rings. The lowest BCUT2D eigenvalue weighted by molar-refractivity contribution is -0.138. The van der Waals surface area contributed by atoms with Crippen LogP contribution in [0.15, 0.2) is 12.5 Å². The number of imidazole rings is 1. The van der Waals surface area contributed by atoms with E-state index < -0.39 is 6.04 Å². The molecule has 1 aromatic heterocycles. The van der Waals surface area contributed by atoms with Gasteiger partial charge in [-0.05, 0) is 18.8 Å². The molecule has 0 aliphatic carbocycles. The van der Waals surface area contributed by atoms with E-state index in [0.717, 1.165) is 31.7 Å². The smallest absolute Gasteiger partial charge is 0.244 e. The minimum absolute atomic E-state index is 0.0398. The normalized spacial score (nSPS) is 21.6. The number of rotatable bonds is 4. The number of nitrogens with one attached hydrogen (secondary N) is 1. The molecular weight excluding hydrogens is 308 g/mol. The fraction of sp³-hybridized carbons (Fsp3) is 0.706. The molecule has 0 unspecified atom stereocenters. The molecule has 2 aliphatic rings. The first-order valence-corrected chi connectivity index (χ1v) is 8.71. The molecule has 3 rings (SSSR count). The second-order valence-electron chi connectivity index (χ2n) is 6.98. The highest BCUT2D eigenvalue weighted by atomic mass is 16.5. The number of carbonyl (C=O) groups is 2. The zero-order chi connectivity index (χ0) is 17.1. The molecule has 2 aliphatic heterocycles. The van der Waals surface area contributed by atoms with Crippen LogP contribution >= 0.6 is 0 Å². The maximum absolute atomic E-state index is 12.7. The number of fused-ring (bicyclic) bond motifs is 1. The van der Waals surface area contributed by atoms with Crippen molar-refractivity contribution in [1.82, 2.24) is 19.8 Å². The molecular formula is C17H26N4O3. The van der Waals surface area contributed by atoms with E-state index in [2.05, 4.69) is 10.3 Å². The van der Waals surface area contributed by atoms with E-state index in [4.69, 9.17) is 4.74 Å². The van der Waals surface area contributed by atoms with Crippen molar-refractivity contribution in [3.8, 4) is 0 Å². The summed E-state index contributed by atoms with van der Waals surface area (Å²) in [6, 6.07) is -0.404. The highest BCUT2D eigenvalue weighted by Gasteiger charge is 2.33. The van der Waals surface area contributed by atoms with Gasteiger partial charge in [0.15, 0.2) is 0 Å². The lowest BCUT2D eigenvalue weighted by atomic mass is 10.0. The third-order valence-corrected chi connectivity index (χ3v) is 4.84. The maximum Gasteiger partial charge on any atom is 0.244 e. The Kier molecular flexibility index (Phi) is 5.18. The minimum Gasteiger partial charge on any atom is -0.381 e. The van der Waals surface area contributed by atoms with E-state index >= 15 is 0 Å². The van der Waals surface area contributed by atoms with Gasteiger partial charge in [-0.2, -0.15) is 0 Å². The van der Waals surface area contributed by atoms with Crippen LogP contribution in [0, 0.1) is 11.8 Å². The number of amides is 2. The van der Waals surface area contributed by atoms with Crippen molar-refractivity contribution in [2.24, 2.45) is 11.8 Å². The molecule has 1 saturated heterocycles. The molecule has 2 amide bonds. The van der Waals surface area contributed by atoms with Crippen LogP contribution in [0.25, 0.3) is 0 Å². The predicted molar refractivity (Wildman–Crippen MR) is 88.1 cm³/mol. The van der Waals surface area contributed by atoms with Gasteiger partial charge >= 0.3 is 0 Å². The summed E-state index contributed by atoms with van der Waals surface area (Å²) in [6.07, 6.45) is 5.39. The molecule has 7 heteroatoms. The number of hydrogen-bond donors (Lipinski definition) is 1. The van der Waals surface area contributed by atoms with Crippen molar-refractivity contribution in [3.05, 3.63) is 18.2 Å². The molecule has 7 nitrogen and oxygen atoms in total. The second-order valence-corrected chi connectivity index (χ2v) is 6.98. The summed E-state index contributed by atoms with van der Waals surface area (Å²) in [6.45, 7) is 6.89. The van der Waals surface area contributed by atoms with Crippen molar-refractivity contribution in [2.75, 3.05) is 26.3 Å². The number of ether oxygens (including phenoxy) is 1. The number of hydrogen-bond acceptors (Lipinski definition) is 4. The van der Waals surface area contributed by atoms with Gasteiger partial charge in [0.05, 0.1) is 25.1 Å². The average Bonchev–Trinajstić information content (AvgIpc) is 3.07. The van der Waals surface area contributed by atoms with Gasteiger partial charge in [0.1, 0.15) is 6.04 Å². The summed E-state index contributed by atoms with van der Waals surface area (Å²) >= 11 is 0. The predicted octanol–water partition coefficient (Wildman–Crippen LogP) is 0.965. The first-order chi connectivity index (χ1) is 11.6. The molecule has 0 radical (unpaired) electrons. The number of nitrogens with zero attached hydrogens (tertiary/aromatic N) is 3. The third-order valence-electron chi connectivity index (χ3n) is 4.84. The van der Waals surface area contributed by atoms with Crippen LogP contribution in [-0.4, -0.2) is 52.6 Å². The lowest BCUT2D eigenvalue weighted by Gasteiger charge is -2.35. The van der Waals surface area contributed by atoms with Gasteiger partial charge in [-0.1, -0.05) is 13.8 Å². The number of carbonyl (C=O) groups excluding carboxylic acids is 2. The summed E-state index contributed by atoms with van der Waals surface area (Å²) in [5, 5.41) is 3.06. The van der Waals surface area contributed by atoms with Crippen molar-refractivity contribution < 1.29 is 14.3 Å². The Morgan fingerprint density at radius 1 is 1.38 bits per heavy atom. The van der Waals surface area contributed by atoms with Gasteiger partial charge in [-0.15, -0.1) is 0 Å². The monoisotopic (exact) mass is 334 g/mol. The first-order valence-electron chi connectivity index (χ1n) is 8.71. The van der Waals surface area contributed by atoms with Gasteiger partial charge < -0.3 is 19.5 Å². The Hall–Kier alpha value is -1.89. The van der Waals surface area contributed by atoms with Gasteiger partial charge in [-0.25, -0.2) is 4.98 Å². The van der Waals surface area contributed by atoms with E-state index in [9.17, 15) is 9.59 Å². The average molecular weight is 334 g/mol. The van der Waals surface area contributed by atoms with E-state index in [1.54, 1.807) is 17.4 Å². The SMILES string of the molecule is CC(C)C(=O)N1Cc2cncn2[C@H](C(=O)NCC2CCOCC2)C1. The second kappa shape index (κ2) is 7.34. The fourth-order valence-corrected chi connectivity index (χ4v) is 3.35. The van der Waals surface area contributed by atoms with Crippen LogP contribution in [-0.2, 0) is 20.9 Å². The van der Waals surface area contributed by atoms with Gasteiger partial charge in [-0.3, -0.25) is 9.59 Å². The zero-order valence-electron chi connectivity index (χ0n) is 14.4. The van der Waals surface area contributed by atoms with Crippen LogP contribution in [0.4, 0.5) is 0 Å². The van der Waals surface area contributed by atoms with Gasteiger partial charge in [0.2, 0.25) is 11.8 Å². The Morgan fingerprint density at radius 2 is 2.12 bits per heavy atom. The highest BCUT2D eigenvalue weighted by Crippen LogP contribution is 2.23. The Balaban J connectivity index is 1.66. The molecule has 1 atom stereocenters. The third kappa shape index (κ3) is 3.61. The molecule has 0 spiro atoms. The molecule has 1 N–H and O–H groups in total. The quantitative estimate of drug-likeness (QED) is 0.890. The van der Waals surface area contributed by atoms with Crippen LogP contribution in [0.5, 0.6) is 0 Å².